The number of carboxylic acids is 1. The van der Waals surface area contributed by atoms with Crippen LogP contribution in [0.15, 0.2) is 12.5 Å². The van der Waals surface area contributed by atoms with Gasteiger partial charge in [-0.15, -0.1) is 0 Å². The zero-order chi connectivity index (χ0) is 19.2. The molecule has 0 spiro atoms. The third-order valence-corrected chi connectivity index (χ3v) is 5.81. The molecule has 3 N–H and O–H groups in total. The fraction of sp³-hybridized carbons (Fsp3) is 0.800. The summed E-state index contributed by atoms with van der Waals surface area (Å²) in [6, 6.07) is 0. The van der Waals surface area contributed by atoms with E-state index >= 15 is 0 Å². The second kappa shape index (κ2) is 9.51. The molecule has 0 amide bonds. The number of nitrogens with two attached hydrogens (primary N) is 1. The van der Waals surface area contributed by atoms with Crippen LogP contribution < -0.4 is 5.73 Å². The molecule has 1 fully saturated rings. The van der Waals surface area contributed by atoms with Crippen LogP contribution in [0.5, 0.6) is 0 Å². The van der Waals surface area contributed by atoms with Crippen LogP contribution in [0.3, 0.4) is 0 Å². The van der Waals surface area contributed by atoms with E-state index in [0.29, 0.717) is 12.0 Å². The fourth-order valence-corrected chi connectivity index (χ4v) is 3.86. The summed E-state index contributed by atoms with van der Waals surface area (Å²) in [5.74, 6) is -0.167. The highest BCUT2D eigenvalue weighted by atomic mass is 16.5. The third kappa shape index (κ3) is 6.09. The summed E-state index contributed by atoms with van der Waals surface area (Å²) in [5, 5.41) is 9.34. The number of aromatic nitrogens is 2. The monoisotopic (exact) mass is 365 g/mol. The van der Waals surface area contributed by atoms with Crippen molar-refractivity contribution in [3.63, 3.8) is 0 Å². The lowest BCUT2D eigenvalue weighted by Crippen LogP contribution is -2.33. The van der Waals surface area contributed by atoms with Crippen molar-refractivity contribution in [3.05, 3.63) is 18.2 Å². The van der Waals surface area contributed by atoms with Gasteiger partial charge in [0.05, 0.1) is 18.1 Å². The lowest BCUT2D eigenvalue weighted by Gasteiger charge is -2.37. The second-order valence-electron chi connectivity index (χ2n) is 8.39. The van der Waals surface area contributed by atoms with Crippen LogP contribution in [0.1, 0.15) is 65.0 Å². The van der Waals surface area contributed by atoms with Gasteiger partial charge in [-0.3, -0.25) is 0 Å². The Kier molecular flexibility index (Phi) is 7.65. The molecule has 26 heavy (non-hydrogen) atoms. The molecule has 0 bridgehead atoms. The van der Waals surface area contributed by atoms with Crippen LogP contribution in [-0.2, 0) is 22.5 Å². The van der Waals surface area contributed by atoms with Gasteiger partial charge in [-0.2, -0.15) is 0 Å². The molecule has 2 unspecified atom stereocenters. The van der Waals surface area contributed by atoms with Gasteiger partial charge in [-0.1, -0.05) is 33.1 Å². The van der Waals surface area contributed by atoms with Crippen LogP contribution in [0.25, 0.3) is 0 Å². The van der Waals surface area contributed by atoms with Crippen molar-refractivity contribution in [1.29, 1.82) is 0 Å². The van der Waals surface area contributed by atoms with Crippen molar-refractivity contribution in [2.24, 2.45) is 17.1 Å². The van der Waals surface area contributed by atoms with Crippen LogP contribution in [0.2, 0.25) is 0 Å². The van der Waals surface area contributed by atoms with Crippen LogP contribution in [0, 0.1) is 11.3 Å². The minimum absolute atomic E-state index is 0.263. The van der Waals surface area contributed by atoms with Crippen LogP contribution in [-0.4, -0.2) is 39.4 Å². The average Bonchev–Trinajstić information content (AvgIpc) is 3.07. The van der Waals surface area contributed by atoms with E-state index in [1.165, 1.54) is 32.1 Å². The zero-order valence-corrected chi connectivity index (χ0v) is 16.5. The molecule has 6 heteroatoms. The third-order valence-electron chi connectivity index (χ3n) is 5.81. The number of carboxylic acid groups (broad SMARTS) is 1. The molecule has 1 aliphatic carbocycles. The first kappa shape index (κ1) is 20.9. The Balaban J connectivity index is 1.89. The molecule has 1 aromatic rings. The van der Waals surface area contributed by atoms with E-state index in [1.807, 2.05) is 6.20 Å². The topological polar surface area (TPSA) is 90.4 Å². The van der Waals surface area contributed by atoms with Gasteiger partial charge in [0.15, 0.2) is 6.10 Å². The Hall–Kier alpha value is -1.40. The van der Waals surface area contributed by atoms with Crippen molar-refractivity contribution in [2.75, 3.05) is 6.54 Å². The lowest BCUT2D eigenvalue weighted by molar-refractivity contribution is -0.153. The molecule has 6 nitrogen and oxygen atoms in total. The number of carbonyl (C=O) groups is 1. The lowest BCUT2D eigenvalue weighted by atomic mass is 9.69. The van der Waals surface area contributed by atoms with Gasteiger partial charge in [0, 0.05) is 25.7 Å². The predicted octanol–water partition coefficient (Wildman–Crippen LogP) is 3.24. The summed E-state index contributed by atoms with van der Waals surface area (Å²) in [7, 11) is 0. The number of hydrogen-bond acceptors (Lipinski definition) is 4. The van der Waals surface area contributed by atoms with Gasteiger partial charge >= 0.3 is 5.97 Å². The highest BCUT2D eigenvalue weighted by molar-refractivity contribution is 5.72. The number of aliphatic carboxylic acids is 1. The van der Waals surface area contributed by atoms with Gasteiger partial charge in [-0.25, -0.2) is 9.78 Å². The van der Waals surface area contributed by atoms with E-state index in [9.17, 15) is 9.90 Å². The maximum atomic E-state index is 11.4. The Morgan fingerprint density at radius 2 is 2.12 bits per heavy atom. The first-order chi connectivity index (χ1) is 12.3. The quantitative estimate of drug-likeness (QED) is 0.664. The molecule has 2 rings (SSSR count). The molecule has 0 saturated heterocycles. The van der Waals surface area contributed by atoms with Crippen molar-refractivity contribution in [1.82, 2.24) is 9.55 Å². The Bertz CT molecular complexity index is 564. The molecule has 0 aliphatic heterocycles. The molecule has 0 radical (unpaired) electrons. The summed E-state index contributed by atoms with van der Waals surface area (Å²) in [6.07, 6.45) is 10.7. The summed E-state index contributed by atoms with van der Waals surface area (Å²) in [6.45, 7) is 7.75. The summed E-state index contributed by atoms with van der Waals surface area (Å²) < 4.78 is 7.57. The van der Waals surface area contributed by atoms with E-state index in [2.05, 4.69) is 23.4 Å². The highest BCUT2D eigenvalue weighted by Gasteiger charge is 2.30. The smallest absolute Gasteiger partial charge is 0.333 e. The molecule has 148 valence electrons. The summed E-state index contributed by atoms with van der Waals surface area (Å²) in [5.41, 5.74) is 6.60. The second-order valence-corrected chi connectivity index (χ2v) is 8.39. The maximum absolute atomic E-state index is 11.4. The highest BCUT2D eigenvalue weighted by Crippen LogP contribution is 2.40. The number of nitrogens with zero attached hydrogens (tertiary/aromatic N) is 2. The molecule has 1 aromatic heterocycles. The molecule has 2 atom stereocenters. The minimum atomic E-state index is -0.974. The van der Waals surface area contributed by atoms with Gasteiger partial charge < -0.3 is 20.1 Å². The van der Waals surface area contributed by atoms with Gasteiger partial charge in [-0.05, 0) is 37.5 Å². The average molecular weight is 366 g/mol. The Labute approximate surface area is 157 Å². The van der Waals surface area contributed by atoms with E-state index in [1.54, 1.807) is 13.3 Å². The fourth-order valence-electron chi connectivity index (χ4n) is 3.86. The largest absolute Gasteiger partial charge is 0.479 e. The van der Waals surface area contributed by atoms with E-state index in [4.69, 9.17) is 10.5 Å². The molecule has 1 heterocycles. The van der Waals surface area contributed by atoms with Crippen molar-refractivity contribution in [3.8, 4) is 0 Å². The molecular weight excluding hydrogens is 330 g/mol. The molecular formula is C20H35N3O3. The zero-order valence-electron chi connectivity index (χ0n) is 16.5. The van der Waals surface area contributed by atoms with Gasteiger partial charge in [0.1, 0.15) is 0 Å². The normalized spacial score (nSPS) is 18.6. The number of ether oxygens (including phenoxy) is 1. The number of aryl methyl sites for hydroxylation is 1. The summed E-state index contributed by atoms with van der Waals surface area (Å²) >= 11 is 0. The van der Waals surface area contributed by atoms with Crippen LogP contribution in [0.4, 0.5) is 0 Å². The number of rotatable bonds is 10. The van der Waals surface area contributed by atoms with E-state index in [0.717, 1.165) is 24.6 Å². The van der Waals surface area contributed by atoms with E-state index < -0.39 is 12.1 Å². The Morgan fingerprint density at radius 1 is 1.42 bits per heavy atom. The number of imidazole rings is 1. The molecule has 1 saturated carbocycles. The van der Waals surface area contributed by atoms with Crippen molar-refractivity contribution >= 4 is 5.97 Å². The molecule has 1 aliphatic rings. The first-order valence-electron chi connectivity index (χ1n) is 9.91. The van der Waals surface area contributed by atoms with Crippen molar-refractivity contribution < 1.29 is 14.6 Å². The first-order valence-corrected chi connectivity index (χ1v) is 9.91. The predicted molar refractivity (Wildman–Crippen MR) is 102 cm³/mol. The molecule has 0 aromatic carbocycles. The SMILES string of the molecule is CC(CN)OC(Cc1cn(CCC(C)(C)C2CCCCC2)cn1)C(=O)O. The number of hydrogen-bond donors (Lipinski definition) is 2. The van der Waals surface area contributed by atoms with Crippen molar-refractivity contribution in [2.45, 2.75) is 84.5 Å². The van der Waals surface area contributed by atoms with E-state index in [-0.39, 0.29) is 12.5 Å². The summed E-state index contributed by atoms with van der Waals surface area (Å²) in [4.78, 5) is 15.8. The van der Waals surface area contributed by atoms with Gasteiger partial charge in [0.25, 0.3) is 0 Å². The minimum Gasteiger partial charge on any atom is -0.479 e. The standard InChI is InChI=1S/C20H35N3O3/c1-15(12-21)26-18(19(24)25)11-17-13-23(14-22-17)10-9-20(2,3)16-7-5-4-6-8-16/h13-16,18H,4-12,21H2,1-3H3,(H,24,25). The van der Waals surface area contributed by atoms with Crippen LogP contribution >= 0.6 is 0 Å². The van der Waals surface area contributed by atoms with Gasteiger partial charge in [0.2, 0.25) is 0 Å². The Morgan fingerprint density at radius 3 is 2.73 bits per heavy atom. The maximum Gasteiger partial charge on any atom is 0.333 e.